The third kappa shape index (κ3) is 12.0. The van der Waals surface area contributed by atoms with Gasteiger partial charge in [-0.25, -0.2) is 9.59 Å². The number of rotatable bonds is 16. The topological polar surface area (TPSA) is 207 Å². The number of amides is 5. The Labute approximate surface area is 333 Å². The molecule has 0 aliphatic carbocycles. The quantitative estimate of drug-likeness (QED) is 0.155. The predicted molar refractivity (Wildman–Crippen MR) is 207 cm³/mol. The third-order valence-corrected chi connectivity index (χ3v) is 10.4. The largest absolute Gasteiger partial charge is 0.480 e. The maximum Gasteiger partial charge on any atom is 0.410 e. The summed E-state index contributed by atoms with van der Waals surface area (Å²) >= 11 is 0. The number of nitrogens with zero attached hydrogens (tertiary/aromatic N) is 3. The van der Waals surface area contributed by atoms with Gasteiger partial charge in [-0.2, -0.15) is 0 Å². The lowest BCUT2D eigenvalue weighted by Crippen LogP contribution is -2.59. The van der Waals surface area contributed by atoms with E-state index in [1.165, 1.54) is 9.80 Å². The number of carboxylic acid groups (broad SMARTS) is 1. The molecule has 1 unspecified atom stereocenters. The highest BCUT2D eigenvalue weighted by molar-refractivity contribution is 5.94. The fourth-order valence-corrected chi connectivity index (χ4v) is 7.59. The molecule has 3 aliphatic heterocycles. The van der Waals surface area contributed by atoms with E-state index >= 15 is 0 Å². The molecule has 5 N–H and O–H groups in total. The van der Waals surface area contributed by atoms with E-state index < -0.39 is 78.4 Å². The summed E-state index contributed by atoms with van der Waals surface area (Å²) in [6, 6.07) is 13.4. The van der Waals surface area contributed by atoms with E-state index in [-0.39, 0.29) is 38.5 Å². The number of benzene rings is 2. The fraction of sp³-hybridized carbons (Fsp3) is 0.561. The average molecular weight is 793 g/mol. The number of carbonyl (C=O) groups is 6. The van der Waals surface area contributed by atoms with Gasteiger partial charge in [0.2, 0.25) is 23.6 Å². The van der Waals surface area contributed by atoms with E-state index in [1.54, 1.807) is 49.9 Å². The molecule has 0 radical (unpaired) electrons. The molecule has 310 valence electrons. The molecule has 6 atom stereocenters. The zero-order chi connectivity index (χ0) is 41.1. The second-order valence-electron chi connectivity index (χ2n) is 15.8. The van der Waals surface area contributed by atoms with Crippen LogP contribution < -0.4 is 16.0 Å². The van der Waals surface area contributed by atoms with Crippen molar-refractivity contribution in [2.75, 3.05) is 32.8 Å². The molecule has 3 saturated heterocycles. The van der Waals surface area contributed by atoms with E-state index in [9.17, 15) is 39.0 Å². The molecule has 3 heterocycles. The van der Waals surface area contributed by atoms with Gasteiger partial charge in [0.15, 0.2) is 0 Å². The molecule has 5 amide bonds. The van der Waals surface area contributed by atoms with Crippen LogP contribution in [0.2, 0.25) is 0 Å². The number of hydrogen-bond acceptors (Lipinski definition) is 10. The summed E-state index contributed by atoms with van der Waals surface area (Å²) in [6.07, 6.45) is 1.22. The highest BCUT2D eigenvalue weighted by Gasteiger charge is 2.43. The van der Waals surface area contributed by atoms with Crippen molar-refractivity contribution in [2.45, 2.75) is 114 Å². The average Bonchev–Trinajstić information content (AvgIpc) is 3.98. The van der Waals surface area contributed by atoms with Crippen LogP contribution in [0.15, 0.2) is 60.7 Å². The Hall–Kier alpha value is -5.06. The minimum atomic E-state index is -1.29. The van der Waals surface area contributed by atoms with Crippen LogP contribution in [0.3, 0.4) is 0 Å². The molecule has 2 aromatic carbocycles. The first-order valence-electron chi connectivity index (χ1n) is 19.7. The summed E-state index contributed by atoms with van der Waals surface area (Å²) in [5, 5.41) is 29.2. The van der Waals surface area contributed by atoms with Crippen LogP contribution in [0.1, 0.15) is 70.4 Å². The first kappa shape index (κ1) is 43.1. The number of aliphatic hydroxyl groups is 1. The number of likely N-dealkylation sites (tertiary alicyclic amines) is 3. The first-order chi connectivity index (χ1) is 27.2. The summed E-state index contributed by atoms with van der Waals surface area (Å²) in [5.41, 5.74) is 0.849. The molecule has 2 aromatic rings. The van der Waals surface area contributed by atoms with Crippen molar-refractivity contribution in [1.82, 2.24) is 30.7 Å². The van der Waals surface area contributed by atoms with Crippen molar-refractivity contribution in [1.29, 1.82) is 0 Å². The minimum absolute atomic E-state index is 0.0641. The zero-order valence-corrected chi connectivity index (χ0v) is 32.9. The normalized spacial score (nSPS) is 21.1. The van der Waals surface area contributed by atoms with Crippen molar-refractivity contribution in [3.63, 3.8) is 0 Å². The molecule has 0 spiro atoms. The molecule has 5 rings (SSSR count). The van der Waals surface area contributed by atoms with Crippen LogP contribution >= 0.6 is 0 Å². The molecule has 57 heavy (non-hydrogen) atoms. The van der Waals surface area contributed by atoms with Crippen molar-refractivity contribution in [2.24, 2.45) is 0 Å². The van der Waals surface area contributed by atoms with Crippen LogP contribution in [0, 0.1) is 0 Å². The van der Waals surface area contributed by atoms with E-state index in [2.05, 4.69) is 16.0 Å². The Morgan fingerprint density at radius 2 is 1.37 bits per heavy atom. The number of carboxylic acids is 1. The first-order valence-corrected chi connectivity index (χ1v) is 19.7. The Morgan fingerprint density at radius 3 is 2.02 bits per heavy atom. The van der Waals surface area contributed by atoms with Crippen molar-refractivity contribution in [3.05, 3.63) is 71.8 Å². The van der Waals surface area contributed by atoms with Gasteiger partial charge in [0.25, 0.3) is 0 Å². The van der Waals surface area contributed by atoms with Gasteiger partial charge in [-0.05, 0) is 70.4 Å². The van der Waals surface area contributed by atoms with Crippen LogP contribution in [-0.4, -0.2) is 135 Å². The fourth-order valence-electron chi connectivity index (χ4n) is 7.59. The predicted octanol–water partition coefficient (Wildman–Crippen LogP) is 1.79. The molecule has 3 aliphatic rings. The maximum absolute atomic E-state index is 14.0. The van der Waals surface area contributed by atoms with E-state index in [0.29, 0.717) is 45.2 Å². The number of aliphatic carboxylic acids is 1. The summed E-state index contributed by atoms with van der Waals surface area (Å²) < 4.78 is 11.4. The number of aliphatic hydroxyl groups excluding tert-OH is 1. The van der Waals surface area contributed by atoms with Crippen molar-refractivity contribution < 1.29 is 48.5 Å². The Morgan fingerprint density at radius 1 is 0.772 bits per heavy atom. The summed E-state index contributed by atoms with van der Waals surface area (Å²) in [7, 11) is 0. The molecule has 0 bridgehead atoms. The smallest absolute Gasteiger partial charge is 0.410 e. The lowest BCUT2D eigenvalue weighted by molar-refractivity contribution is -0.150. The van der Waals surface area contributed by atoms with Crippen molar-refractivity contribution in [3.8, 4) is 0 Å². The van der Waals surface area contributed by atoms with E-state index in [0.717, 1.165) is 11.1 Å². The van der Waals surface area contributed by atoms with Gasteiger partial charge >= 0.3 is 12.1 Å². The number of carbonyl (C=O) groups excluding carboxylic acids is 5. The van der Waals surface area contributed by atoms with Crippen LogP contribution in [0.5, 0.6) is 0 Å². The van der Waals surface area contributed by atoms with E-state index in [1.807, 2.05) is 36.4 Å². The van der Waals surface area contributed by atoms with Gasteiger partial charge in [-0.3, -0.25) is 29.4 Å². The SMILES string of the molecule is CC(C)(C)OC(=O)N1CCC[C@H]1C(=O)N1CCC[C@H]1C(O)NCC(=O)N[C@@H](Cc1ccccc1)C(=O)N[C@@H](COCc1ccccc1)C(=O)N1CCC[C@H]1C(=O)O. The van der Waals surface area contributed by atoms with Gasteiger partial charge in [0.1, 0.15) is 36.0 Å². The van der Waals surface area contributed by atoms with Gasteiger partial charge in [0.05, 0.1) is 25.8 Å². The van der Waals surface area contributed by atoms with Crippen LogP contribution in [-0.2, 0) is 46.5 Å². The number of hydrogen-bond donors (Lipinski definition) is 5. The van der Waals surface area contributed by atoms with Crippen molar-refractivity contribution >= 4 is 35.7 Å². The molecule has 0 saturated carbocycles. The highest BCUT2D eigenvalue weighted by Crippen LogP contribution is 2.27. The zero-order valence-electron chi connectivity index (χ0n) is 32.9. The molecular formula is C41H56N6O10. The molecule has 16 heteroatoms. The second kappa shape index (κ2) is 19.9. The summed E-state index contributed by atoms with van der Waals surface area (Å²) in [6.45, 7) is 5.77. The van der Waals surface area contributed by atoms with Gasteiger partial charge in [0, 0.05) is 26.1 Å². The highest BCUT2D eigenvalue weighted by atomic mass is 16.6. The lowest BCUT2D eigenvalue weighted by atomic mass is 10.0. The van der Waals surface area contributed by atoms with Gasteiger partial charge < -0.3 is 40.1 Å². The van der Waals surface area contributed by atoms with Gasteiger partial charge in [-0.1, -0.05) is 60.7 Å². The Kier molecular flexibility index (Phi) is 15.0. The molecule has 0 aromatic heterocycles. The Bertz CT molecular complexity index is 1710. The molecule has 16 nitrogen and oxygen atoms in total. The monoisotopic (exact) mass is 792 g/mol. The standard InChI is InChI=1S/C41H56N6O10/c1-41(2,3)57-40(55)47-22-11-18-32(47)38(52)45-20-10-17-31(45)36(50)42-24-34(48)43-29(23-27-13-6-4-7-14-27)35(49)44-30(26-56-25-28-15-8-5-9-16-28)37(51)46-21-12-19-33(46)39(53)54/h4-9,13-16,29-33,36,42,50H,10-12,17-26H2,1-3H3,(H,43,48)(H,44,49)(H,53,54)/t29-,30-,31-,32-,33-,36?/m0/s1. The van der Waals surface area contributed by atoms with Crippen LogP contribution in [0.25, 0.3) is 0 Å². The van der Waals surface area contributed by atoms with Gasteiger partial charge in [-0.15, -0.1) is 0 Å². The molecule has 3 fully saturated rings. The minimum Gasteiger partial charge on any atom is -0.480 e. The summed E-state index contributed by atoms with van der Waals surface area (Å²) in [4.78, 5) is 84.0. The van der Waals surface area contributed by atoms with Crippen LogP contribution in [0.4, 0.5) is 4.79 Å². The lowest BCUT2D eigenvalue weighted by Gasteiger charge is -2.34. The maximum atomic E-state index is 14.0. The Balaban J connectivity index is 1.23. The molecular weight excluding hydrogens is 736 g/mol. The number of ether oxygens (including phenoxy) is 2. The third-order valence-electron chi connectivity index (χ3n) is 10.4. The second-order valence-corrected chi connectivity index (χ2v) is 15.8. The summed E-state index contributed by atoms with van der Waals surface area (Å²) in [5.74, 6) is -3.32. The number of nitrogens with one attached hydrogen (secondary N) is 3. The van der Waals surface area contributed by atoms with E-state index in [4.69, 9.17) is 9.47 Å².